The fourth-order valence-corrected chi connectivity index (χ4v) is 3.98. The molecule has 0 aromatic heterocycles. The molecule has 1 aliphatic heterocycles. The SMILES string of the molecule is CCCCCCCCCCCC[NH+]1CCC(CCCC)CC1.[C-]#N. The molecule has 0 aromatic rings. The van der Waals surface area contributed by atoms with Gasteiger partial charge in [-0.15, -0.1) is 0 Å². The van der Waals surface area contributed by atoms with Crippen LogP contribution in [0.25, 0.3) is 0 Å². The lowest BCUT2D eigenvalue weighted by Crippen LogP contribution is -3.13. The van der Waals surface area contributed by atoms with Crippen molar-refractivity contribution < 1.29 is 4.90 Å². The quantitative estimate of drug-likeness (QED) is 0.330. The van der Waals surface area contributed by atoms with Gasteiger partial charge in [-0.25, -0.2) is 0 Å². The van der Waals surface area contributed by atoms with Crippen LogP contribution in [0.4, 0.5) is 0 Å². The summed E-state index contributed by atoms with van der Waals surface area (Å²) in [5, 5.41) is 6.25. The van der Waals surface area contributed by atoms with Crippen LogP contribution < -0.4 is 4.90 Å². The number of unbranched alkanes of at least 4 members (excludes halogenated alkanes) is 10. The number of rotatable bonds is 14. The Hall–Kier alpha value is -0.550. The van der Waals surface area contributed by atoms with Crippen LogP contribution in [-0.4, -0.2) is 19.6 Å². The molecule has 24 heavy (non-hydrogen) atoms. The molecule has 0 amide bonds. The van der Waals surface area contributed by atoms with E-state index in [2.05, 4.69) is 13.8 Å². The third-order valence-corrected chi connectivity index (χ3v) is 5.66. The summed E-state index contributed by atoms with van der Waals surface area (Å²) in [6.45, 7) is 13.8. The van der Waals surface area contributed by atoms with Gasteiger partial charge in [0.2, 0.25) is 0 Å². The Morgan fingerprint density at radius 2 is 1.17 bits per heavy atom. The second kappa shape index (κ2) is 18.8. The molecule has 0 saturated carbocycles. The van der Waals surface area contributed by atoms with E-state index in [0.29, 0.717) is 0 Å². The van der Waals surface area contributed by atoms with Crippen molar-refractivity contribution in [3.63, 3.8) is 0 Å². The maximum absolute atomic E-state index is 6.25. The third kappa shape index (κ3) is 13.8. The molecule has 0 bridgehead atoms. The summed E-state index contributed by atoms with van der Waals surface area (Å²) >= 11 is 0. The van der Waals surface area contributed by atoms with E-state index >= 15 is 0 Å². The lowest BCUT2D eigenvalue weighted by molar-refractivity contribution is -0.906. The first kappa shape index (κ1) is 23.4. The largest absolute Gasteiger partial charge is 0.512 e. The summed E-state index contributed by atoms with van der Waals surface area (Å²) in [5.74, 6) is 1.07. The van der Waals surface area contributed by atoms with Crippen LogP contribution in [0.5, 0.6) is 0 Å². The van der Waals surface area contributed by atoms with Crippen LogP contribution in [0.2, 0.25) is 0 Å². The van der Waals surface area contributed by atoms with Gasteiger partial charge in [-0.1, -0.05) is 84.5 Å². The van der Waals surface area contributed by atoms with Crippen molar-refractivity contribution in [3.05, 3.63) is 6.57 Å². The lowest BCUT2D eigenvalue weighted by atomic mass is 9.91. The smallest absolute Gasteiger partial charge is 0.0773 e. The molecule has 1 saturated heterocycles. The molecule has 0 unspecified atom stereocenters. The van der Waals surface area contributed by atoms with Crippen molar-refractivity contribution in [1.82, 2.24) is 0 Å². The van der Waals surface area contributed by atoms with Crippen molar-refractivity contribution in [3.8, 4) is 0 Å². The molecule has 1 heterocycles. The van der Waals surface area contributed by atoms with Gasteiger partial charge in [0.05, 0.1) is 19.6 Å². The second-order valence-electron chi connectivity index (χ2n) is 7.77. The molecule has 0 atom stereocenters. The van der Waals surface area contributed by atoms with Crippen LogP contribution in [0.3, 0.4) is 0 Å². The number of hydrogen-bond donors (Lipinski definition) is 1. The first-order chi connectivity index (χ1) is 11.9. The van der Waals surface area contributed by atoms with E-state index in [1.165, 1.54) is 116 Å². The number of likely N-dealkylation sites (tertiary alicyclic amines) is 1. The molecule has 0 aliphatic carbocycles. The van der Waals surface area contributed by atoms with Gasteiger partial charge in [0.25, 0.3) is 0 Å². The number of hydrogen-bond acceptors (Lipinski definition) is 1. The Morgan fingerprint density at radius 3 is 1.67 bits per heavy atom. The minimum atomic E-state index is 1.07. The van der Waals surface area contributed by atoms with Crippen LogP contribution in [0.1, 0.15) is 110 Å². The molecule has 0 aromatic carbocycles. The van der Waals surface area contributed by atoms with Gasteiger partial charge in [-0.2, -0.15) is 0 Å². The van der Waals surface area contributed by atoms with Crippen LogP contribution in [-0.2, 0) is 0 Å². The summed E-state index contributed by atoms with van der Waals surface area (Å²) in [7, 11) is 0. The number of nitrogens with one attached hydrogen (secondary N) is 1. The van der Waals surface area contributed by atoms with E-state index in [1.54, 1.807) is 0 Å². The monoisotopic (exact) mass is 336 g/mol. The van der Waals surface area contributed by atoms with Crippen molar-refractivity contribution in [1.29, 1.82) is 5.26 Å². The molecule has 0 radical (unpaired) electrons. The normalized spacial score (nSPS) is 20.3. The molecule has 1 fully saturated rings. The standard InChI is InChI=1S/C21H43N.CN/c1-3-5-7-8-9-10-11-12-13-14-18-22-19-16-21(17-20-22)15-6-4-2;1-2/h21H,3-20H2,1-2H3;/q;-1/p+1. The van der Waals surface area contributed by atoms with E-state index in [4.69, 9.17) is 11.8 Å². The Labute approximate surface area is 153 Å². The topological polar surface area (TPSA) is 28.2 Å². The van der Waals surface area contributed by atoms with E-state index in [9.17, 15) is 0 Å². The maximum atomic E-state index is 6.25. The average molecular weight is 337 g/mol. The zero-order valence-corrected chi connectivity index (χ0v) is 16.8. The predicted octanol–water partition coefficient (Wildman–Crippen LogP) is 5.49. The Kier molecular flexibility index (Phi) is 18.4. The summed E-state index contributed by atoms with van der Waals surface area (Å²) in [4.78, 5) is 1.91. The summed E-state index contributed by atoms with van der Waals surface area (Å²) in [6, 6.07) is 0. The maximum Gasteiger partial charge on any atom is 0.0773 e. The van der Waals surface area contributed by atoms with Crippen LogP contribution >= 0.6 is 0 Å². The summed E-state index contributed by atoms with van der Waals surface area (Å²) < 4.78 is 0. The molecule has 0 spiro atoms. The first-order valence-corrected chi connectivity index (χ1v) is 10.9. The first-order valence-electron chi connectivity index (χ1n) is 10.9. The molecule has 142 valence electrons. The lowest BCUT2D eigenvalue weighted by Gasteiger charge is -2.29. The molecular formula is C22H44N2. The Bertz CT molecular complexity index is 254. The third-order valence-electron chi connectivity index (χ3n) is 5.66. The molecule has 2 nitrogen and oxygen atoms in total. The van der Waals surface area contributed by atoms with E-state index in [1.807, 2.05) is 4.90 Å². The minimum Gasteiger partial charge on any atom is -0.512 e. The van der Waals surface area contributed by atoms with E-state index in [0.717, 1.165) is 5.92 Å². The van der Waals surface area contributed by atoms with Gasteiger partial charge >= 0.3 is 0 Å². The van der Waals surface area contributed by atoms with Gasteiger partial charge < -0.3 is 16.7 Å². The van der Waals surface area contributed by atoms with Crippen molar-refractivity contribution in [2.45, 2.75) is 110 Å². The van der Waals surface area contributed by atoms with Crippen molar-refractivity contribution >= 4 is 0 Å². The fraction of sp³-hybridized carbons (Fsp3) is 0.955. The molecule has 1 N–H and O–H groups in total. The van der Waals surface area contributed by atoms with Gasteiger partial charge in [0.15, 0.2) is 0 Å². The van der Waals surface area contributed by atoms with E-state index < -0.39 is 0 Å². The molecule has 2 heteroatoms. The summed E-state index contributed by atoms with van der Waals surface area (Å²) in [6.07, 6.45) is 22.0. The Morgan fingerprint density at radius 1 is 0.708 bits per heavy atom. The van der Waals surface area contributed by atoms with Gasteiger partial charge in [-0.05, 0) is 31.6 Å². The van der Waals surface area contributed by atoms with Crippen molar-refractivity contribution in [2.75, 3.05) is 19.6 Å². The second-order valence-corrected chi connectivity index (χ2v) is 7.77. The van der Waals surface area contributed by atoms with Crippen molar-refractivity contribution in [2.24, 2.45) is 5.92 Å². The van der Waals surface area contributed by atoms with Crippen LogP contribution in [0.15, 0.2) is 0 Å². The summed E-state index contributed by atoms with van der Waals surface area (Å²) in [5.41, 5.74) is 0. The van der Waals surface area contributed by atoms with Gasteiger partial charge in [0.1, 0.15) is 0 Å². The number of nitrogens with zero attached hydrogens (tertiary/aromatic N) is 1. The minimum absolute atomic E-state index is 1.07. The predicted molar refractivity (Wildman–Crippen MR) is 105 cm³/mol. The van der Waals surface area contributed by atoms with Crippen LogP contribution in [0, 0.1) is 17.8 Å². The average Bonchev–Trinajstić information content (AvgIpc) is 2.64. The highest BCUT2D eigenvalue weighted by Crippen LogP contribution is 2.17. The van der Waals surface area contributed by atoms with Gasteiger partial charge in [0, 0.05) is 0 Å². The highest BCUT2D eigenvalue weighted by Gasteiger charge is 2.20. The number of quaternary nitrogens is 1. The fourth-order valence-electron chi connectivity index (χ4n) is 3.98. The zero-order valence-electron chi connectivity index (χ0n) is 16.8. The van der Waals surface area contributed by atoms with Gasteiger partial charge in [-0.3, -0.25) is 0 Å². The molecule has 1 aliphatic rings. The zero-order chi connectivity index (χ0) is 17.9. The Balaban J connectivity index is 0.00000254. The highest BCUT2D eigenvalue weighted by atomic mass is 15.1. The molecular weight excluding hydrogens is 292 g/mol. The highest BCUT2D eigenvalue weighted by molar-refractivity contribution is 4.62. The molecule has 1 rings (SSSR count). The number of piperidine rings is 1. The van der Waals surface area contributed by atoms with E-state index in [-0.39, 0.29) is 0 Å².